The first kappa shape index (κ1) is 25.0. The SMILES string of the molecule is COc1cccc(C(CNC(=O)C(N)C2CCOCC2)N2CCCC2)c1.Cl.Cl. The maximum atomic E-state index is 12.6. The van der Waals surface area contributed by atoms with E-state index in [-0.39, 0.29) is 42.7 Å². The molecule has 1 aromatic carbocycles. The monoisotopic (exact) mass is 433 g/mol. The molecule has 1 aromatic rings. The van der Waals surface area contributed by atoms with Gasteiger partial charge in [-0.2, -0.15) is 0 Å². The van der Waals surface area contributed by atoms with Gasteiger partial charge >= 0.3 is 0 Å². The van der Waals surface area contributed by atoms with Gasteiger partial charge in [0.05, 0.1) is 19.2 Å². The number of halogens is 2. The van der Waals surface area contributed by atoms with E-state index in [1.54, 1.807) is 7.11 Å². The van der Waals surface area contributed by atoms with E-state index in [2.05, 4.69) is 22.3 Å². The Hall–Kier alpha value is -1.05. The summed E-state index contributed by atoms with van der Waals surface area (Å²) < 4.78 is 10.7. The van der Waals surface area contributed by atoms with Crippen molar-refractivity contribution in [3.8, 4) is 5.75 Å². The van der Waals surface area contributed by atoms with E-state index in [9.17, 15) is 4.79 Å². The first-order valence-electron chi connectivity index (χ1n) is 9.68. The minimum atomic E-state index is -0.455. The molecule has 0 aromatic heterocycles. The van der Waals surface area contributed by atoms with Crippen molar-refractivity contribution >= 4 is 30.7 Å². The van der Waals surface area contributed by atoms with Crippen LogP contribution in [0.25, 0.3) is 0 Å². The van der Waals surface area contributed by atoms with Crippen LogP contribution in [-0.2, 0) is 9.53 Å². The highest BCUT2D eigenvalue weighted by Crippen LogP contribution is 2.27. The zero-order valence-corrected chi connectivity index (χ0v) is 18.1. The Morgan fingerprint density at radius 3 is 2.61 bits per heavy atom. The number of hydrogen-bond donors (Lipinski definition) is 2. The summed E-state index contributed by atoms with van der Waals surface area (Å²) >= 11 is 0. The van der Waals surface area contributed by atoms with Crippen molar-refractivity contribution in [3.05, 3.63) is 29.8 Å². The van der Waals surface area contributed by atoms with E-state index in [4.69, 9.17) is 15.2 Å². The third kappa shape index (κ3) is 6.49. The molecule has 160 valence electrons. The van der Waals surface area contributed by atoms with Crippen molar-refractivity contribution < 1.29 is 14.3 Å². The van der Waals surface area contributed by atoms with Gasteiger partial charge in [0.15, 0.2) is 0 Å². The molecule has 0 bridgehead atoms. The Bertz CT molecular complexity index is 594. The van der Waals surface area contributed by atoms with Crippen molar-refractivity contribution in [2.75, 3.05) is 40.0 Å². The fourth-order valence-electron chi connectivity index (χ4n) is 3.96. The first-order chi connectivity index (χ1) is 12.7. The van der Waals surface area contributed by atoms with Crippen molar-refractivity contribution in [2.45, 2.75) is 37.8 Å². The molecular formula is C20H33Cl2N3O3. The van der Waals surface area contributed by atoms with Crippen LogP contribution in [0.3, 0.4) is 0 Å². The molecule has 28 heavy (non-hydrogen) atoms. The average molecular weight is 434 g/mol. The standard InChI is InChI=1S/C20H31N3O3.2ClH/c1-25-17-6-4-5-16(13-17)18(23-9-2-3-10-23)14-22-20(24)19(21)15-7-11-26-12-8-15;;/h4-6,13,15,18-19H,2-3,7-12,14,21H2,1H3,(H,22,24);2*1H. The number of methoxy groups -OCH3 is 1. The summed E-state index contributed by atoms with van der Waals surface area (Å²) in [5, 5.41) is 3.11. The van der Waals surface area contributed by atoms with Gasteiger partial charge in [0, 0.05) is 19.8 Å². The molecule has 3 rings (SSSR count). The molecule has 6 nitrogen and oxygen atoms in total. The molecule has 0 aliphatic carbocycles. The highest BCUT2D eigenvalue weighted by atomic mass is 35.5. The van der Waals surface area contributed by atoms with Crippen LogP contribution in [0.2, 0.25) is 0 Å². The van der Waals surface area contributed by atoms with E-state index >= 15 is 0 Å². The quantitative estimate of drug-likeness (QED) is 0.690. The molecular weight excluding hydrogens is 401 g/mol. The van der Waals surface area contributed by atoms with E-state index in [0.717, 1.165) is 31.7 Å². The molecule has 0 spiro atoms. The number of hydrogen-bond acceptors (Lipinski definition) is 5. The van der Waals surface area contributed by atoms with Crippen LogP contribution in [0.15, 0.2) is 24.3 Å². The molecule has 3 N–H and O–H groups in total. The molecule has 1 amide bonds. The Balaban J connectivity index is 0.00000196. The van der Waals surface area contributed by atoms with E-state index in [1.807, 2.05) is 12.1 Å². The zero-order chi connectivity index (χ0) is 18.4. The maximum absolute atomic E-state index is 12.6. The second-order valence-electron chi connectivity index (χ2n) is 7.26. The third-order valence-corrected chi connectivity index (χ3v) is 5.61. The van der Waals surface area contributed by atoms with Crippen LogP contribution in [0.5, 0.6) is 5.75 Å². The molecule has 2 unspecified atom stereocenters. The molecule has 0 saturated carbocycles. The summed E-state index contributed by atoms with van der Waals surface area (Å²) in [6.45, 7) is 4.09. The number of carbonyl (C=O) groups excluding carboxylic acids is 1. The normalized spacial score (nSPS) is 19.8. The van der Waals surface area contributed by atoms with Crippen molar-refractivity contribution in [3.63, 3.8) is 0 Å². The number of carbonyl (C=O) groups is 1. The number of rotatable bonds is 7. The van der Waals surface area contributed by atoms with Gasteiger partial charge in [-0.25, -0.2) is 0 Å². The molecule has 8 heteroatoms. The second-order valence-corrected chi connectivity index (χ2v) is 7.26. The highest BCUT2D eigenvalue weighted by molar-refractivity contribution is 5.85. The number of nitrogens with two attached hydrogens (primary N) is 1. The molecule has 0 radical (unpaired) electrons. The van der Waals surface area contributed by atoms with Gasteiger partial charge in [-0.15, -0.1) is 24.8 Å². The summed E-state index contributed by atoms with van der Waals surface area (Å²) in [4.78, 5) is 15.0. The number of nitrogens with one attached hydrogen (secondary N) is 1. The molecule has 2 heterocycles. The van der Waals surface area contributed by atoms with E-state index in [1.165, 1.54) is 18.4 Å². The summed E-state index contributed by atoms with van der Waals surface area (Å²) in [6, 6.07) is 7.82. The molecule has 2 fully saturated rings. The lowest BCUT2D eigenvalue weighted by molar-refractivity contribution is -0.124. The molecule has 2 aliphatic rings. The highest BCUT2D eigenvalue weighted by Gasteiger charge is 2.29. The number of amides is 1. The summed E-state index contributed by atoms with van der Waals surface area (Å²) in [7, 11) is 1.68. The van der Waals surface area contributed by atoms with Crippen molar-refractivity contribution in [1.29, 1.82) is 0 Å². The second kappa shape index (κ2) is 12.5. The van der Waals surface area contributed by atoms with Crippen LogP contribution in [-0.4, -0.2) is 56.8 Å². The van der Waals surface area contributed by atoms with Gasteiger partial charge in [-0.3, -0.25) is 9.69 Å². The molecule has 2 atom stereocenters. The molecule has 2 aliphatic heterocycles. The Kier molecular flexibility index (Phi) is 11.2. The summed E-state index contributed by atoms with van der Waals surface area (Å²) in [5.41, 5.74) is 7.39. The number of likely N-dealkylation sites (tertiary alicyclic amines) is 1. The van der Waals surface area contributed by atoms with Gasteiger partial charge in [0.2, 0.25) is 5.91 Å². The fourth-order valence-corrected chi connectivity index (χ4v) is 3.96. The van der Waals surface area contributed by atoms with Gasteiger partial charge in [-0.1, -0.05) is 12.1 Å². The predicted molar refractivity (Wildman–Crippen MR) is 116 cm³/mol. The smallest absolute Gasteiger partial charge is 0.237 e. The number of ether oxygens (including phenoxy) is 2. The van der Waals surface area contributed by atoms with Crippen molar-refractivity contribution in [2.24, 2.45) is 11.7 Å². The van der Waals surface area contributed by atoms with Gasteiger partial charge in [0.25, 0.3) is 0 Å². The van der Waals surface area contributed by atoms with E-state index in [0.29, 0.717) is 19.8 Å². The third-order valence-electron chi connectivity index (χ3n) is 5.61. The largest absolute Gasteiger partial charge is 0.497 e. The van der Waals surface area contributed by atoms with Gasteiger partial charge in [0.1, 0.15) is 5.75 Å². The van der Waals surface area contributed by atoms with Gasteiger partial charge < -0.3 is 20.5 Å². The summed E-state index contributed by atoms with van der Waals surface area (Å²) in [5.74, 6) is 1.01. The predicted octanol–water partition coefficient (Wildman–Crippen LogP) is 2.55. The van der Waals surface area contributed by atoms with E-state index < -0.39 is 6.04 Å². The Labute approximate surface area is 180 Å². The number of nitrogens with zero attached hydrogens (tertiary/aromatic N) is 1. The Morgan fingerprint density at radius 1 is 1.29 bits per heavy atom. The minimum Gasteiger partial charge on any atom is -0.497 e. The van der Waals surface area contributed by atoms with Crippen LogP contribution < -0.4 is 15.8 Å². The van der Waals surface area contributed by atoms with Crippen LogP contribution in [0.4, 0.5) is 0 Å². The summed E-state index contributed by atoms with van der Waals surface area (Å²) in [6.07, 6.45) is 4.13. The topological polar surface area (TPSA) is 76.8 Å². The zero-order valence-electron chi connectivity index (χ0n) is 16.5. The Morgan fingerprint density at radius 2 is 1.96 bits per heavy atom. The fraction of sp³-hybridized carbons (Fsp3) is 0.650. The van der Waals surface area contributed by atoms with Gasteiger partial charge in [-0.05, 0) is 62.4 Å². The maximum Gasteiger partial charge on any atom is 0.237 e. The molecule has 2 saturated heterocycles. The van der Waals surface area contributed by atoms with Crippen LogP contribution in [0, 0.1) is 5.92 Å². The lowest BCUT2D eigenvalue weighted by atomic mass is 9.92. The minimum absolute atomic E-state index is 0. The number of benzene rings is 1. The first-order valence-corrected chi connectivity index (χ1v) is 9.68. The average Bonchev–Trinajstić information content (AvgIpc) is 3.22. The van der Waals surface area contributed by atoms with Crippen LogP contribution in [0.1, 0.15) is 37.3 Å². The lowest BCUT2D eigenvalue weighted by Gasteiger charge is -2.30. The van der Waals surface area contributed by atoms with Crippen molar-refractivity contribution in [1.82, 2.24) is 10.2 Å². The lowest BCUT2D eigenvalue weighted by Crippen LogP contribution is -2.49. The van der Waals surface area contributed by atoms with Crippen LogP contribution >= 0.6 is 24.8 Å².